The van der Waals surface area contributed by atoms with Crippen molar-refractivity contribution in [2.24, 2.45) is 18.9 Å². The van der Waals surface area contributed by atoms with Crippen LogP contribution in [0.15, 0.2) is 6.07 Å². The number of amides is 1. The summed E-state index contributed by atoms with van der Waals surface area (Å²) < 4.78 is 1.67. The van der Waals surface area contributed by atoms with Crippen molar-refractivity contribution in [3.8, 4) is 0 Å². The van der Waals surface area contributed by atoms with Gasteiger partial charge < -0.3 is 10.4 Å². The number of aromatic nitrogens is 2. The minimum atomic E-state index is -0.878. The van der Waals surface area contributed by atoms with Crippen molar-refractivity contribution >= 4 is 17.7 Å². The summed E-state index contributed by atoms with van der Waals surface area (Å²) in [5.74, 6) is -1.64. The van der Waals surface area contributed by atoms with Gasteiger partial charge in [-0.15, -0.1) is 0 Å². The van der Waals surface area contributed by atoms with E-state index in [1.165, 1.54) is 0 Å². The van der Waals surface area contributed by atoms with Crippen LogP contribution in [0.1, 0.15) is 31.4 Å². The van der Waals surface area contributed by atoms with Crippen LogP contribution in [0.2, 0.25) is 0 Å². The van der Waals surface area contributed by atoms with Crippen molar-refractivity contribution < 1.29 is 14.7 Å². The van der Waals surface area contributed by atoms with Crippen LogP contribution in [0.25, 0.3) is 0 Å². The number of hydrogen-bond acceptors (Lipinski definition) is 3. The van der Waals surface area contributed by atoms with Gasteiger partial charge in [0.05, 0.1) is 11.8 Å². The van der Waals surface area contributed by atoms with Crippen molar-refractivity contribution in [2.45, 2.75) is 32.6 Å². The molecule has 1 heterocycles. The molecule has 1 aromatic heterocycles. The van der Waals surface area contributed by atoms with E-state index in [0.717, 1.165) is 18.5 Å². The van der Waals surface area contributed by atoms with Crippen LogP contribution in [-0.4, -0.2) is 26.8 Å². The molecule has 6 nitrogen and oxygen atoms in total. The maximum Gasteiger partial charge on any atom is 0.307 e. The maximum absolute atomic E-state index is 12.2. The number of aryl methyl sites for hydroxylation is 2. The summed E-state index contributed by atoms with van der Waals surface area (Å²) in [6.07, 6.45) is 3.00. The van der Waals surface area contributed by atoms with Gasteiger partial charge in [0, 0.05) is 18.8 Å². The van der Waals surface area contributed by atoms with Gasteiger partial charge in [0.1, 0.15) is 0 Å². The third kappa shape index (κ3) is 2.94. The minimum Gasteiger partial charge on any atom is -0.481 e. The third-order valence-electron chi connectivity index (χ3n) is 3.78. The molecule has 1 aromatic rings. The predicted octanol–water partition coefficient (Wildman–Crippen LogP) is 1.56. The second-order valence-electron chi connectivity index (χ2n) is 5.12. The maximum atomic E-state index is 12.2. The summed E-state index contributed by atoms with van der Waals surface area (Å²) in [5.41, 5.74) is 0.939. The predicted molar refractivity (Wildman–Crippen MR) is 69.7 cm³/mol. The number of carboxylic acid groups (broad SMARTS) is 1. The average molecular weight is 265 g/mol. The van der Waals surface area contributed by atoms with Gasteiger partial charge in [0.25, 0.3) is 0 Å². The Kier molecular flexibility index (Phi) is 3.87. The molecule has 0 bridgehead atoms. The normalized spacial score (nSPS) is 23.1. The zero-order valence-electron chi connectivity index (χ0n) is 11.2. The van der Waals surface area contributed by atoms with Crippen LogP contribution in [0.3, 0.4) is 0 Å². The van der Waals surface area contributed by atoms with E-state index in [4.69, 9.17) is 0 Å². The number of hydrogen-bond donors (Lipinski definition) is 2. The highest BCUT2D eigenvalue weighted by Crippen LogP contribution is 2.31. The molecule has 0 radical (unpaired) electrons. The Morgan fingerprint density at radius 2 is 2.00 bits per heavy atom. The van der Waals surface area contributed by atoms with E-state index in [1.54, 1.807) is 17.8 Å². The molecular weight excluding hydrogens is 246 g/mol. The quantitative estimate of drug-likeness (QED) is 0.868. The summed E-state index contributed by atoms with van der Waals surface area (Å²) in [4.78, 5) is 23.4. The molecule has 0 spiro atoms. The Balaban J connectivity index is 2.07. The van der Waals surface area contributed by atoms with Crippen LogP contribution in [0, 0.1) is 18.8 Å². The number of anilines is 1. The first-order valence-corrected chi connectivity index (χ1v) is 6.53. The molecule has 0 aliphatic heterocycles. The first-order valence-electron chi connectivity index (χ1n) is 6.53. The fraction of sp³-hybridized carbons (Fsp3) is 0.615. The van der Waals surface area contributed by atoms with Gasteiger partial charge in [-0.2, -0.15) is 5.10 Å². The molecule has 19 heavy (non-hydrogen) atoms. The first-order chi connectivity index (χ1) is 8.99. The summed E-state index contributed by atoms with van der Waals surface area (Å²) in [7, 11) is 1.80. The largest absolute Gasteiger partial charge is 0.481 e. The summed E-state index contributed by atoms with van der Waals surface area (Å²) in [5, 5.41) is 16.0. The van der Waals surface area contributed by atoms with Crippen LogP contribution in [-0.2, 0) is 16.6 Å². The van der Waals surface area contributed by atoms with Gasteiger partial charge >= 0.3 is 5.97 Å². The zero-order valence-corrected chi connectivity index (χ0v) is 11.2. The van der Waals surface area contributed by atoms with Crippen LogP contribution >= 0.6 is 0 Å². The lowest BCUT2D eigenvalue weighted by Crippen LogP contribution is -2.36. The topological polar surface area (TPSA) is 84.2 Å². The number of rotatable bonds is 3. The molecule has 6 heteroatoms. The van der Waals surface area contributed by atoms with E-state index in [0.29, 0.717) is 18.7 Å². The van der Waals surface area contributed by atoms with Gasteiger partial charge in [0.2, 0.25) is 5.91 Å². The molecule has 1 aliphatic rings. The number of aliphatic carboxylic acids is 1. The molecule has 1 saturated carbocycles. The molecule has 0 saturated heterocycles. The van der Waals surface area contributed by atoms with E-state index in [1.807, 2.05) is 6.92 Å². The molecule has 1 amide bonds. The van der Waals surface area contributed by atoms with Gasteiger partial charge in [0.15, 0.2) is 5.82 Å². The fourth-order valence-electron chi connectivity index (χ4n) is 2.58. The lowest BCUT2D eigenvalue weighted by molar-refractivity contribution is -0.147. The van der Waals surface area contributed by atoms with E-state index in [9.17, 15) is 14.7 Å². The molecule has 104 valence electrons. The number of nitrogens with one attached hydrogen (secondary N) is 1. The molecule has 2 atom stereocenters. The highest BCUT2D eigenvalue weighted by Gasteiger charge is 2.35. The molecule has 2 N–H and O–H groups in total. The van der Waals surface area contributed by atoms with Crippen molar-refractivity contribution in [1.82, 2.24) is 9.78 Å². The van der Waals surface area contributed by atoms with Crippen molar-refractivity contribution in [1.29, 1.82) is 0 Å². The number of carbonyl (C=O) groups is 2. The highest BCUT2D eigenvalue weighted by molar-refractivity contribution is 5.94. The molecule has 2 rings (SSSR count). The summed E-state index contributed by atoms with van der Waals surface area (Å²) >= 11 is 0. The molecule has 1 fully saturated rings. The highest BCUT2D eigenvalue weighted by atomic mass is 16.4. The minimum absolute atomic E-state index is 0.231. The third-order valence-corrected chi connectivity index (χ3v) is 3.78. The fourth-order valence-corrected chi connectivity index (χ4v) is 2.58. The van der Waals surface area contributed by atoms with E-state index >= 15 is 0 Å². The molecule has 1 aliphatic carbocycles. The Labute approximate surface area is 111 Å². The van der Waals surface area contributed by atoms with Crippen LogP contribution < -0.4 is 5.32 Å². The molecule has 0 unspecified atom stereocenters. The Hall–Kier alpha value is -1.85. The Morgan fingerprint density at radius 3 is 2.53 bits per heavy atom. The number of carbonyl (C=O) groups excluding carboxylic acids is 1. The van der Waals surface area contributed by atoms with Gasteiger partial charge in [-0.25, -0.2) is 0 Å². The molecular formula is C13H19N3O3. The summed E-state index contributed by atoms with van der Waals surface area (Å²) in [6.45, 7) is 1.89. The van der Waals surface area contributed by atoms with Gasteiger partial charge in [-0.3, -0.25) is 14.3 Å². The van der Waals surface area contributed by atoms with E-state index < -0.39 is 17.8 Å². The number of nitrogens with zero attached hydrogens (tertiary/aromatic N) is 2. The van der Waals surface area contributed by atoms with E-state index in [2.05, 4.69) is 10.4 Å². The van der Waals surface area contributed by atoms with Crippen molar-refractivity contribution in [3.63, 3.8) is 0 Å². The van der Waals surface area contributed by atoms with Crippen LogP contribution in [0.4, 0.5) is 5.82 Å². The second kappa shape index (κ2) is 5.42. The standard InChI is InChI=1S/C13H19N3O3/c1-8-7-11(15-16(8)2)14-12(17)9-5-3-4-6-10(9)13(18)19/h7,9-10H,3-6H2,1-2H3,(H,18,19)(H,14,15,17)/t9-,10-/m0/s1. The monoisotopic (exact) mass is 265 g/mol. The zero-order chi connectivity index (χ0) is 14.0. The SMILES string of the molecule is Cc1cc(NC(=O)[C@H]2CCCC[C@@H]2C(=O)O)nn1C. The lowest BCUT2D eigenvalue weighted by Gasteiger charge is -2.27. The van der Waals surface area contributed by atoms with Crippen molar-refractivity contribution in [2.75, 3.05) is 5.32 Å². The van der Waals surface area contributed by atoms with Gasteiger partial charge in [-0.05, 0) is 19.8 Å². The van der Waals surface area contributed by atoms with Crippen molar-refractivity contribution in [3.05, 3.63) is 11.8 Å². The Morgan fingerprint density at radius 1 is 1.37 bits per heavy atom. The first kappa shape index (κ1) is 13.6. The van der Waals surface area contributed by atoms with Crippen LogP contribution in [0.5, 0.6) is 0 Å². The Bertz CT molecular complexity index is 476. The second-order valence-corrected chi connectivity index (χ2v) is 5.12. The lowest BCUT2D eigenvalue weighted by atomic mass is 9.79. The van der Waals surface area contributed by atoms with Gasteiger partial charge in [-0.1, -0.05) is 12.8 Å². The van der Waals surface area contributed by atoms with E-state index in [-0.39, 0.29) is 5.91 Å². The molecule has 0 aromatic carbocycles. The average Bonchev–Trinajstić information content (AvgIpc) is 2.68. The summed E-state index contributed by atoms with van der Waals surface area (Å²) in [6, 6.07) is 1.77. The number of carboxylic acids is 1. The smallest absolute Gasteiger partial charge is 0.307 e.